The van der Waals surface area contributed by atoms with Crippen molar-refractivity contribution in [1.29, 1.82) is 0 Å². The third-order valence-electron chi connectivity index (χ3n) is 2.97. The molecule has 6 nitrogen and oxygen atoms in total. The van der Waals surface area contributed by atoms with E-state index in [1.54, 1.807) is 18.5 Å². The van der Waals surface area contributed by atoms with E-state index in [0.717, 1.165) is 16.6 Å². The number of hydrogen-bond acceptors (Lipinski definition) is 4. The zero-order valence-electron chi connectivity index (χ0n) is 10.6. The first kappa shape index (κ1) is 12.0. The SMILES string of the molecule is Nc1c(N/C=C/c2ccn[nH]2)c(=O)[nH]c2ccccc12. The zero-order chi connectivity index (χ0) is 13.9. The largest absolute Gasteiger partial charge is 0.396 e. The predicted molar refractivity (Wildman–Crippen MR) is 80.2 cm³/mol. The van der Waals surface area contributed by atoms with Crippen molar-refractivity contribution in [2.24, 2.45) is 0 Å². The molecule has 0 fully saturated rings. The minimum absolute atomic E-state index is 0.254. The Bertz CT molecular complexity index is 817. The fourth-order valence-corrected chi connectivity index (χ4v) is 1.99. The molecule has 3 aromatic rings. The maximum atomic E-state index is 12.0. The smallest absolute Gasteiger partial charge is 0.274 e. The lowest BCUT2D eigenvalue weighted by atomic mass is 10.1. The van der Waals surface area contributed by atoms with E-state index in [-0.39, 0.29) is 5.56 Å². The number of anilines is 2. The van der Waals surface area contributed by atoms with Crippen LogP contribution in [0.25, 0.3) is 17.0 Å². The molecular formula is C14H13N5O. The number of hydrogen-bond donors (Lipinski definition) is 4. The van der Waals surface area contributed by atoms with Crippen molar-refractivity contribution in [3.63, 3.8) is 0 Å². The molecule has 0 radical (unpaired) electrons. The van der Waals surface area contributed by atoms with Crippen LogP contribution >= 0.6 is 0 Å². The fourth-order valence-electron chi connectivity index (χ4n) is 1.99. The van der Waals surface area contributed by atoms with Gasteiger partial charge in [0.15, 0.2) is 0 Å². The van der Waals surface area contributed by atoms with E-state index >= 15 is 0 Å². The molecule has 0 amide bonds. The minimum Gasteiger partial charge on any atom is -0.396 e. The van der Waals surface area contributed by atoms with Gasteiger partial charge in [0.2, 0.25) is 0 Å². The highest BCUT2D eigenvalue weighted by molar-refractivity contribution is 5.96. The average molecular weight is 267 g/mol. The first-order valence-corrected chi connectivity index (χ1v) is 6.08. The quantitative estimate of drug-likeness (QED) is 0.582. The second kappa shape index (κ2) is 4.93. The number of para-hydroxylation sites is 1. The van der Waals surface area contributed by atoms with Crippen LogP contribution in [-0.4, -0.2) is 15.2 Å². The van der Waals surface area contributed by atoms with Crippen molar-refractivity contribution < 1.29 is 0 Å². The summed E-state index contributed by atoms with van der Waals surface area (Å²) >= 11 is 0. The second-order valence-corrected chi connectivity index (χ2v) is 4.28. The number of aromatic amines is 2. The Kier molecular flexibility index (Phi) is 2.96. The average Bonchev–Trinajstić information content (AvgIpc) is 2.96. The van der Waals surface area contributed by atoms with E-state index in [1.165, 1.54) is 0 Å². The molecule has 20 heavy (non-hydrogen) atoms. The fraction of sp³-hybridized carbons (Fsp3) is 0. The molecule has 0 saturated carbocycles. The summed E-state index contributed by atoms with van der Waals surface area (Å²) in [5.74, 6) is 0. The van der Waals surface area contributed by atoms with Gasteiger partial charge < -0.3 is 16.0 Å². The maximum Gasteiger partial charge on any atom is 0.274 e. The lowest BCUT2D eigenvalue weighted by molar-refractivity contribution is 1.08. The van der Waals surface area contributed by atoms with Crippen LogP contribution in [0.5, 0.6) is 0 Å². The second-order valence-electron chi connectivity index (χ2n) is 4.28. The topological polar surface area (TPSA) is 99.6 Å². The third kappa shape index (κ3) is 2.14. The van der Waals surface area contributed by atoms with Gasteiger partial charge in [0.1, 0.15) is 5.69 Å². The lowest BCUT2D eigenvalue weighted by Crippen LogP contribution is -2.14. The number of aromatic nitrogens is 3. The van der Waals surface area contributed by atoms with Crippen LogP contribution < -0.4 is 16.6 Å². The van der Waals surface area contributed by atoms with Gasteiger partial charge in [0.25, 0.3) is 5.56 Å². The van der Waals surface area contributed by atoms with Crippen LogP contribution in [0.2, 0.25) is 0 Å². The van der Waals surface area contributed by atoms with Crippen molar-refractivity contribution in [1.82, 2.24) is 15.2 Å². The molecule has 0 saturated heterocycles. The van der Waals surface area contributed by atoms with Crippen LogP contribution in [0.4, 0.5) is 11.4 Å². The number of nitrogens with two attached hydrogens (primary N) is 1. The van der Waals surface area contributed by atoms with E-state index < -0.39 is 0 Å². The zero-order valence-corrected chi connectivity index (χ0v) is 10.6. The Morgan fingerprint density at radius 3 is 2.90 bits per heavy atom. The number of benzene rings is 1. The first-order chi connectivity index (χ1) is 9.75. The molecule has 0 atom stereocenters. The van der Waals surface area contributed by atoms with E-state index in [1.807, 2.05) is 30.3 Å². The van der Waals surface area contributed by atoms with Gasteiger partial charge in [-0.2, -0.15) is 5.10 Å². The normalized spacial score (nSPS) is 11.2. The Hall–Kier alpha value is -3.02. The van der Waals surface area contributed by atoms with E-state index in [2.05, 4.69) is 20.5 Å². The van der Waals surface area contributed by atoms with Crippen molar-refractivity contribution in [2.45, 2.75) is 0 Å². The molecule has 5 N–H and O–H groups in total. The Balaban J connectivity index is 1.97. The number of nitrogens with one attached hydrogen (secondary N) is 3. The van der Waals surface area contributed by atoms with Gasteiger partial charge in [-0.1, -0.05) is 18.2 Å². The van der Waals surface area contributed by atoms with Gasteiger partial charge in [-0.3, -0.25) is 9.89 Å². The standard InChI is InChI=1S/C14H13N5O/c15-12-10-3-1-2-4-11(10)18-14(20)13(12)16-7-5-9-6-8-17-19-9/h1-8,16H,(H,17,19)(H3,15,18,20)/b7-5+. The summed E-state index contributed by atoms with van der Waals surface area (Å²) in [7, 11) is 0. The van der Waals surface area contributed by atoms with Crippen molar-refractivity contribution in [3.05, 3.63) is 58.8 Å². The van der Waals surface area contributed by atoms with Crippen molar-refractivity contribution in [3.8, 4) is 0 Å². The molecule has 100 valence electrons. The molecule has 0 aliphatic rings. The van der Waals surface area contributed by atoms with Gasteiger partial charge in [-0.05, 0) is 18.2 Å². The molecule has 1 aromatic carbocycles. The number of rotatable bonds is 3. The van der Waals surface area contributed by atoms with Crippen LogP contribution in [-0.2, 0) is 0 Å². The van der Waals surface area contributed by atoms with Crippen LogP contribution in [0.1, 0.15) is 5.69 Å². The summed E-state index contributed by atoms with van der Waals surface area (Å²) < 4.78 is 0. The van der Waals surface area contributed by atoms with Gasteiger partial charge in [-0.25, -0.2) is 0 Å². The van der Waals surface area contributed by atoms with Crippen LogP contribution in [0, 0.1) is 0 Å². The van der Waals surface area contributed by atoms with Crippen molar-refractivity contribution >= 4 is 28.4 Å². The van der Waals surface area contributed by atoms with Crippen LogP contribution in [0.3, 0.4) is 0 Å². The molecule has 0 aliphatic heterocycles. The highest BCUT2D eigenvalue weighted by Crippen LogP contribution is 2.23. The summed E-state index contributed by atoms with van der Waals surface area (Å²) in [6, 6.07) is 9.22. The highest BCUT2D eigenvalue weighted by Gasteiger charge is 2.07. The van der Waals surface area contributed by atoms with Gasteiger partial charge in [0, 0.05) is 17.8 Å². The van der Waals surface area contributed by atoms with Gasteiger partial charge >= 0.3 is 0 Å². The molecular weight excluding hydrogens is 254 g/mol. The number of H-pyrrole nitrogens is 2. The van der Waals surface area contributed by atoms with E-state index in [9.17, 15) is 4.79 Å². The van der Waals surface area contributed by atoms with E-state index in [4.69, 9.17) is 5.73 Å². The summed E-state index contributed by atoms with van der Waals surface area (Å²) in [6.07, 6.45) is 5.06. The van der Waals surface area contributed by atoms with E-state index in [0.29, 0.717) is 11.4 Å². The first-order valence-electron chi connectivity index (χ1n) is 6.08. The molecule has 0 spiro atoms. The van der Waals surface area contributed by atoms with Crippen molar-refractivity contribution in [2.75, 3.05) is 11.1 Å². The number of fused-ring (bicyclic) bond motifs is 1. The highest BCUT2D eigenvalue weighted by atomic mass is 16.1. The lowest BCUT2D eigenvalue weighted by Gasteiger charge is -2.07. The molecule has 0 aliphatic carbocycles. The Morgan fingerprint density at radius 2 is 2.10 bits per heavy atom. The minimum atomic E-state index is -0.254. The molecule has 3 rings (SSSR count). The number of pyridine rings is 1. The molecule has 6 heteroatoms. The van der Waals surface area contributed by atoms with Gasteiger partial charge in [0.05, 0.1) is 16.9 Å². The third-order valence-corrected chi connectivity index (χ3v) is 2.97. The summed E-state index contributed by atoms with van der Waals surface area (Å²) in [5, 5.41) is 10.3. The number of nitrogen functional groups attached to an aromatic ring is 1. The predicted octanol–water partition coefficient (Wildman–Crippen LogP) is 1.92. The monoisotopic (exact) mass is 267 g/mol. The molecule has 0 unspecified atom stereocenters. The summed E-state index contributed by atoms with van der Waals surface area (Å²) in [4.78, 5) is 14.8. The molecule has 2 aromatic heterocycles. The molecule has 2 heterocycles. The molecule has 0 bridgehead atoms. The summed E-state index contributed by atoms with van der Waals surface area (Å²) in [6.45, 7) is 0. The van der Waals surface area contributed by atoms with Gasteiger partial charge in [-0.15, -0.1) is 0 Å². The Labute approximate surface area is 114 Å². The Morgan fingerprint density at radius 1 is 1.25 bits per heavy atom. The maximum absolute atomic E-state index is 12.0. The summed E-state index contributed by atoms with van der Waals surface area (Å²) in [5.41, 5.74) is 8.10. The van der Waals surface area contributed by atoms with Crippen LogP contribution in [0.15, 0.2) is 47.5 Å². The number of nitrogens with zero attached hydrogens (tertiary/aromatic N) is 1.